The van der Waals surface area contributed by atoms with Crippen LogP contribution in [0.4, 0.5) is 0 Å². The highest BCUT2D eigenvalue weighted by atomic mass is 16.2. The molecule has 140 valence electrons. The van der Waals surface area contributed by atoms with E-state index in [0.29, 0.717) is 18.7 Å². The van der Waals surface area contributed by atoms with Gasteiger partial charge in [0.05, 0.1) is 23.1 Å². The van der Waals surface area contributed by atoms with Crippen molar-refractivity contribution < 1.29 is 4.79 Å². The number of piperidine rings is 1. The van der Waals surface area contributed by atoms with E-state index in [-0.39, 0.29) is 23.3 Å². The van der Waals surface area contributed by atoms with Crippen molar-refractivity contribution in [3.05, 3.63) is 47.3 Å². The van der Waals surface area contributed by atoms with Crippen LogP contribution in [0.25, 0.3) is 5.69 Å². The highest BCUT2D eigenvalue weighted by molar-refractivity contribution is 5.95. The van der Waals surface area contributed by atoms with Crippen LogP contribution in [0.15, 0.2) is 30.5 Å². The number of hydrogen-bond acceptors (Lipinski definition) is 3. The van der Waals surface area contributed by atoms with Crippen molar-refractivity contribution in [3.63, 3.8) is 0 Å². The summed E-state index contributed by atoms with van der Waals surface area (Å²) >= 11 is 0. The van der Waals surface area contributed by atoms with Gasteiger partial charge in [-0.2, -0.15) is 5.10 Å². The molecule has 1 saturated heterocycles. The minimum atomic E-state index is -0.0706. The third-order valence-electron chi connectivity index (χ3n) is 5.46. The number of likely N-dealkylation sites (tertiary alicyclic amines) is 1. The average molecular weight is 354 g/mol. The van der Waals surface area contributed by atoms with E-state index < -0.39 is 0 Å². The van der Waals surface area contributed by atoms with Gasteiger partial charge >= 0.3 is 0 Å². The molecule has 1 unspecified atom stereocenters. The lowest BCUT2D eigenvalue weighted by atomic mass is 9.79. The van der Waals surface area contributed by atoms with Crippen molar-refractivity contribution in [2.45, 2.75) is 53.0 Å². The number of nitrogens with zero attached hydrogens (tertiary/aromatic N) is 3. The van der Waals surface area contributed by atoms with Crippen LogP contribution in [0.1, 0.15) is 61.6 Å². The van der Waals surface area contributed by atoms with Gasteiger partial charge in [0, 0.05) is 19.1 Å². The smallest absolute Gasteiger partial charge is 0.257 e. The second kappa shape index (κ2) is 6.88. The number of carbonyl (C=O) groups is 1. The molecule has 2 N–H and O–H groups in total. The van der Waals surface area contributed by atoms with Gasteiger partial charge in [-0.15, -0.1) is 0 Å². The van der Waals surface area contributed by atoms with Gasteiger partial charge in [0.25, 0.3) is 5.91 Å². The predicted molar refractivity (Wildman–Crippen MR) is 105 cm³/mol. The first-order valence-corrected chi connectivity index (χ1v) is 9.40. The molecule has 5 heteroatoms. The van der Waals surface area contributed by atoms with Crippen LogP contribution in [0, 0.1) is 12.3 Å². The third kappa shape index (κ3) is 3.40. The van der Waals surface area contributed by atoms with E-state index in [2.05, 4.69) is 51.9 Å². The van der Waals surface area contributed by atoms with Crippen LogP contribution in [0.3, 0.4) is 0 Å². The van der Waals surface area contributed by atoms with Gasteiger partial charge in [-0.1, -0.05) is 45.4 Å². The normalized spacial score (nSPS) is 19.8. The van der Waals surface area contributed by atoms with Crippen molar-refractivity contribution in [3.8, 4) is 5.69 Å². The van der Waals surface area contributed by atoms with Crippen molar-refractivity contribution in [1.82, 2.24) is 14.7 Å². The van der Waals surface area contributed by atoms with Gasteiger partial charge in [-0.3, -0.25) is 4.79 Å². The molecule has 1 atom stereocenters. The van der Waals surface area contributed by atoms with Gasteiger partial charge in [-0.25, -0.2) is 4.68 Å². The van der Waals surface area contributed by atoms with E-state index >= 15 is 0 Å². The molecular weight excluding hydrogens is 324 g/mol. The summed E-state index contributed by atoms with van der Waals surface area (Å²) in [6.07, 6.45) is 2.56. The van der Waals surface area contributed by atoms with Crippen molar-refractivity contribution in [2.75, 3.05) is 13.1 Å². The number of aromatic nitrogens is 2. The lowest BCUT2D eigenvalue weighted by Crippen LogP contribution is -2.54. The molecule has 0 aliphatic carbocycles. The van der Waals surface area contributed by atoms with Gasteiger partial charge < -0.3 is 10.6 Å². The molecule has 1 aromatic heterocycles. The number of carbonyl (C=O) groups excluding carboxylic acids is 1. The molecular formula is C21H30N4O. The van der Waals surface area contributed by atoms with Crippen LogP contribution in [-0.2, 0) is 0 Å². The molecule has 5 nitrogen and oxygen atoms in total. The number of aryl methyl sites for hydroxylation is 1. The summed E-state index contributed by atoms with van der Waals surface area (Å²) in [5, 5.41) is 4.55. The quantitative estimate of drug-likeness (QED) is 0.917. The van der Waals surface area contributed by atoms with E-state index in [0.717, 1.165) is 17.8 Å². The molecule has 1 amide bonds. The zero-order valence-corrected chi connectivity index (χ0v) is 16.5. The monoisotopic (exact) mass is 354 g/mol. The molecule has 1 aliphatic heterocycles. The van der Waals surface area contributed by atoms with Gasteiger partial charge in [-0.05, 0) is 36.8 Å². The van der Waals surface area contributed by atoms with Gasteiger partial charge in [0.1, 0.15) is 0 Å². The highest BCUT2D eigenvalue weighted by Gasteiger charge is 2.36. The summed E-state index contributed by atoms with van der Waals surface area (Å²) in [6.45, 7) is 11.9. The van der Waals surface area contributed by atoms with Crippen LogP contribution in [0.5, 0.6) is 0 Å². The summed E-state index contributed by atoms with van der Waals surface area (Å²) in [4.78, 5) is 15.2. The molecule has 1 aliphatic rings. The van der Waals surface area contributed by atoms with Crippen LogP contribution in [0.2, 0.25) is 0 Å². The first-order chi connectivity index (χ1) is 12.2. The molecule has 2 aromatic rings. The van der Waals surface area contributed by atoms with Crippen LogP contribution in [-0.4, -0.2) is 39.7 Å². The molecule has 26 heavy (non-hydrogen) atoms. The SMILES string of the molecule is Cc1ccc(-n2ncc(C(=O)N3CCC(N)C(C)(C)C3)c2C(C)C)cc1. The Morgan fingerprint density at radius 3 is 2.50 bits per heavy atom. The number of rotatable bonds is 3. The minimum absolute atomic E-state index is 0.0621. The number of benzene rings is 1. The largest absolute Gasteiger partial charge is 0.338 e. The molecule has 1 fully saturated rings. The highest BCUT2D eigenvalue weighted by Crippen LogP contribution is 2.30. The van der Waals surface area contributed by atoms with Gasteiger partial charge in [0.15, 0.2) is 0 Å². The Bertz CT molecular complexity index is 789. The fraction of sp³-hybridized carbons (Fsp3) is 0.524. The molecule has 0 spiro atoms. The average Bonchev–Trinajstić information content (AvgIpc) is 3.02. The Morgan fingerprint density at radius 1 is 1.27 bits per heavy atom. The van der Waals surface area contributed by atoms with Crippen LogP contribution < -0.4 is 5.73 Å². The maximum absolute atomic E-state index is 13.2. The molecule has 0 bridgehead atoms. The van der Waals surface area contributed by atoms with Crippen molar-refractivity contribution in [2.24, 2.45) is 11.1 Å². The number of amides is 1. The first-order valence-electron chi connectivity index (χ1n) is 9.40. The van der Waals surface area contributed by atoms with E-state index in [1.54, 1.807) is 6.20 Å². The molecule has 1 aromatic carbocycles. The molecule has 0 saturated carbocycles. The predicted octanol–water partition coefficient (Wildman–Crippen LogP) is 3.50. The fourth-order valence-electron chi connectivity index (χ4n) is 3.69. The standard InChI is InChI=1S/C21H30N4O/c1-14(2)19-17(12-23-25(19)16-8-6-15(3)7-9-16)20(26)24-11-10-18(22)21(4,5)13-24/h6-9,12,14,18H,10-11,13,22H2,1-5H3. The minimum Gasteiger partial charge on any atom is -0.338 e. The lowest BCUT2D eigenvalue weighted by Gasteiger charge is -2.42. The number of nitrogens with two attached hydrogens (primary N) is 1. The Kier molecular flexibility index (Phi) is 4.93. The van der Waals surface area contributed by atoms with E-state index in [9.17, 15) is 4.79 Å². The van der Waals surface area contributed by atoms with Crippen molar-refractivity contribution >= 4 is 5.91 Å². The topological polar surface area (TPSA) is 64.2 Å². The fourth-order valence-corrected chi connectivity index (χ4v) is 3.69. The maximum Gasteiger partial charge on any atom is 0.257 e. The van der Waals surface area contributed by atoms with E-state index in [1.165, 1.54) is 5.56 Å². The molecule has 2 heterocycles. The van der Waals surface area contributed by atoms with Crippen LogP contribution >= 0.6 is 0 Å². The van der Waals surface area contributed by atoms with E-state index in [4.69, 9.17) is 5.73 Å². The number of hydrogen-bond donors (Lipinski definition) is 1. The van der Waals surface area contributed by atoms with E-state index in [1.807, 2.05) is 21.7 Å². The summed E-state index contributed by atoms with van der Waals surface area (Å²) in [7, 11) is 0. The Hall–Kier alpha value is -2.14. The summed E-state index contributed by atoms with van der Waals surface area (Å²) in [5.74, 6) is 0.254. The second-order valence-corrected chi connectivity index (χ2v) is 8.46. The van der Waals surface area contributed by atoms with Crippen molar-refractivity contribution in [1.29, 1.82) is 0 Å². The Morgan fingerprint density at radius 2 is 1.92 bits per heavy atom. The lowest BCUT2D eigenvalue weighted by molar-refractivity contribution is 0.0531. The van der Waals surface area contributed by atoms with Gasteiger partial charge in [0.2, 0.25) is 0 Å². The maximum atomic E-state index is 13.2. The zero-order chi connectivity index (χ0) is 19.1. The summed E-state index contributed by atoms with van der Waals surface area (Å²) in [5.41, 5.74) is 10.0. The first kappa shape index (κ1) is 18.6. The zero-order valence-electron chi connectivity index (χ0n) is 16.5. The second-order valence-electron chi connectivity index (χ2n) is 8.46. The summed E-state index contributed by atoms with van der Waals surface area (Å²) in [6, 6.07) is 8.36. The summed E-state index contributed by atoms with van der Waals surface area (Å²) < 4.78 is 1.90. The Labute approximate surface area is 156 Å². The molecule has 3 rings (SSSR count). The molecule has 0 radical (unpaired) electrons. The third-order valence-corrected chi connectivity index (χ3v) is 5.46. The Balaban J connectivity index is 1.95.